The Hall–Kier alpha value is -2.66. The van der Waals surface area contributed by atoms with Crippen molar-refractivity contribution in [2.45, 2.75) is 18.7 Å². The van der Waals surface area contributed by atoms with Gasteiger partial charge in [0.15, 0.2) is 16.7 Å². The molecule has 154 valence electrons. The van der Waals surface area contributed by atoms with Crippen LogP contribution in [0.5, 0.6) is 11.5 Å². The van der Waals surface area contributed by atoms with Gasteiger partial charge in [0.05, 0.1) is 12.3 Å². The third kappa shape index (κ3) is 4.73. The van der Waals surface area contributed by atoms with Gasteiger partial charge in [0.2, 0.25) is 0 Å². The van der Waals surface area contributed by atoms with Gasteiger partial charge in [-0.2, -0.15) is 5.26 Å². The summed E-state index contributed by atoms with van der Waals surface area (Å²) < 4.78 is 11.6. The van der Waals surface area contributed by atoms with Crippen molar-refractivity contribution in [1.29, 1.82) is 5.26 Å². The molecule has 0 amide bonds. The molecule has 9 heteroatoms. The Balaban J connectivity index is 2.00. The predicted octanol–water partition coefficient (Wildman–Crippen LogP) is 5.31. The Morgan fingerprint density at radius 1 is 1.17 bits per heavy atom. The molecule has 1 N–H and O–H groups in total. The van der Waals surface area contributed by atoms with E-state index in [1.54, 1.807) is 42.7 Å². The molecule has 0 saturated heterocycles. The van der Waals surface area contributed by atoms with Crippen molar-refractivity contribution in [2.24, 2.45) is 0 Å². The number of nitrogens with one attached hydrogen (secondary N) is 1. The summed E-state index contributed by atoms with van der Waals surface area (Å²) in [5.74, 6) is 0.930. The summed E-state index contributed by atoms with van der Waals surface area (Å²) in [4.78, 5) is 19.2. The standard InChI is InChI=1S/C21H17Cl2N3O3S/c1-3-28-18-9-12(19-13(10-24)20(27)26-21(25-19)30-2)7-8-17(18)29-11-14-15(22)5-4-6-16(14)23/h4-9H,3,11H2,1-2H3,(H,25,26,27). The van der Waals surface area contributed by atoms with Gasteiger partial charge in [-0.05, 0) is 43.5 Å². The molecule has 0 fully saturated rings. The second kappa shape index (κ2) is 9.90. The first-order valence-electron chi connectivity index (χ1n) is 8.89. The van der Waals surface area contributed by atoms with Crippen molar-refractivity contribution in [3.05, 3.63) is 67.9 Å². The average Bonchev–Trinajstić information content (AvgIpc) is 2.73. The van der Waals surface area contributed by atoms with Crippen LogP contribution in [-0.4, -0.2) is 22.8 Å². The number of H-pyrrole nitrogens is 1. The summed E-state index contributed by atoms with van der Waals surface area (Å²) >= 11 is 13.7. The van der Waals surface area contributed by atoms with Crippen LogP contribution in [0.2, 0.25) is 10.0 Å². The Kier molecular flexibility index (Phi) is 7.27. The maximum absolute atomic E-state index is 12.2. The fourth-order valence-corrected chi connectivity index (χ4v) is 3.61. The van der Waals surface area contributed by atoms with Crippen molar-refractivity contribution in [2.75, 3.05) is 12.9 Å². The number of thioether (sulfide) groups is 1. The lowest BCUT2D eigenvalue weighted by molar-refractivity contribution is 0.269. The van der Waals surface area contributed by atoms with Crippen molar-refractivity contribution >= 4 is 35.0 Å². The first kappa shape index (κ1) is 22.0. The van der Waals surface area contributed by atoms with Crippen LogP contribution in [0.1, 0.15) is 18.1 Å². The number of benzene rings is 2. The van der Waals surface area contributed by atoms with E-state index in [1.165, 1.54) is 11.8 Å². The molecular weight excluding hydrogens is 445 g/mol. The first-order valence-corrected chi connectivity index (χ1v) is 10.9. The van der Waals surface area contributed by atoms with Crippen LogP contribution in [0.3, 0.4) is 0 Å². The topological polar surface area (TPSA) is 88.0 Å². The fourth-order valence-electron chi connectivity index (χ4n) is 2.72. The van der Waals surface area contributed by atoms with Crippen LogP contribution in [0, 0.1) is 11.3 Å². The summed E-state index contributed by atoms with van der Waals surface area (Å²) in [5.41, 5.74) is 0.969. The van der Waals surface area contributed by atoms with E-state index in [1.807, 2.05) is 13.0 Å². The number of rotatable bonds is 7. The lowest BCUT2D eigenvalue weighted by Gasteiger charge is -2.15. The third-order valence-corrected chi connectivity index (χ3v) is 5.44. The molecule has 1 heterocycles. The second-order valence-electron chi connectivity index (χ2n) is 5.99. The van der Waals surface area contributed by atoms with Crippen LogP contribution in [0.15, 0.2) is 46.3 Å². The highest BCUT2D eigenvalue weighted by molar-refractivity contribution is 7.98. The highest BCUT2D eigenvalue weighted by atomic mass is 35.5. The molecular formula is C21H17Cl2N3O3S. The minimum absolute atomic E-state index is 0.0632. The molecule has 0 aliphatic carbocycles. The Labute approximate surface area is 187 Å². The lowest BCUT2D eigenvalue weighted by atomic mass is 10.1. The molecule has 0 atom stereocenters. The Bertz CT molecular complexity index is 1150. The molecule has 0 radical (unpaired) electrons. The van der Waals surface area contributed by atoms with Gasteiger partial charge in [-0.3, -0.25) is 4.79 Å². The van der Waals surface area contributed by atoms with Crippen LogP contribution in [0.4, 0.5) is 0 Å². The van der Waals surface area contributed by atoms with Crippen molar-refractivity contribution < 1.29 is 9.47 Å². The van der Waals surface area contributed by atoms with Gasteiger partial charge in [-0.15, -0.1) is 0 Å². The van der Waals surface area contributed by atoms with E-state index in [-0.39, 0.29) is 17.9 Å². The van der Waals surface area contributed by atoms with Gasteiger partial charge in [-0.1, -0.05) is 41.0 Å². The van der Waals surface area contributed by atoms with Gasteiger partial charge in [0, 0.05) is 21.2 Å². The Morgan fingerprint density at radius 3 is 2.53 bits per heavy atom. The van der Waals surface area contributed by atoms with Crippen LogP contribution in [0.25, 0.3) is 11.3 Å². The summed E-state index contributed by atoms with van der Waals surface area (Å²) in [7, 11) is 0. The maximum Gasteiger partial charge on any atom is 0.270 e. The largest absolute Gasteiger partial charge is 0.490 e. The molecule has 2 aromatic carbocycles. The summed E-state index contributed by atoms with van der Waals surface area (Å²) in [6, 6.07) is 12.3. The van der Waals surface area contributed by atoms with E-state index in [0.29, 0.717) is 44.4 Å². The zero-order valence-corrected chi connectivity index (χ0v) is 18.5. The van der Waals surface area contributed by atoms with Gasteiger partial charge < -0.3 is 14.5 Å². The molecule has 6 nitrogen and oxygen atoms in total. The highest BCUT2D eigenvalue weighted by Crippen LogP contribution is 2.35. The predicted molar refractivity (Wildman–Crippen MR) is 119 cm³/mol. The van der Waals surface area contributed by atoms with E-state index in [9.17, 15) is 10.1 Å². The summed E-state index contributed by atoms with van der Waals surface area (Å²) in [5, 5.41) is 10.8. The number of hydrogen-bond acceptors (Lipinski definition) is 6. The second-order valence-corrected chi connectivity index (χ2v) is 7.60. The minimum Gasteiger partial charge on any atom is -0.490 e. The lowest BCUT2D eigenvalue weighted by Crippen LogP contribution is -2.14. The van der Waals surface area contributed by atoms with Crippen molar-refractivity contribution in [3.63, 3.8) is 0 Å². The number of aromatic amines is 1. The zero-order chi connectivity index (χ0) is 21.7. The number of hydrogen-bond donors (Lipinski definition) is 1. The number of ether oxygens (including phenoxy) is 2. The maximum atomic E-state index is 12.2. The van der Waals surface area contributed by atoms with Crippen molar-refractivity contribution in [3.8, 4) is 28.8 Å². The molecule has 3 aromatic rings. The van der Waals surface area contributed by atoms with Gasteiger partial charge in [0.1, 0.15) is 18.2 Å². The average molecular weight is 462 g/mol. The molecule has 0 aliphatic heterocycles. The SMILES string of the molecule is CCOc1cc(-c2nc(SC)[nH]c(=O)c2C#N)ccc1OCc1c(Cl)cccc1Cl. The molecule has 3 rings (SSSR count). The molecule has 0 unspecified atom stereocenters. The molecule has 30 heavy (non-hydrogen) atoms. The normalized spacial score (nSPS) is 10.5. The van der Waals surface area contributed by atoms with E-state index in [4.69, 9.17) is 32.7 Å². The van der Waals surface area contributed by atoms with E-state index in [2.05, 4.69) is 9.97 Å². The monoisotopic (exact) mass is 461 g/mol. The van der Waals surface area contributed by atoms with E-state index < -0.39 is 5.56 Å². The van der Waals surface area contributed by atoms with Gasteiger partial charge in [-0.25, -0.2) is 4.98 Å². The molecule has 0 aliphatic rings. The zero-order valence-electron chi connectivity index (χ0n) is 16.2. The fraction of sp³-hybridized carbons (Fsp3) is 0.190. The summed E-state index contributed by atoms with van der Waals surface area (Å²) in [6.07, 6.45) is 1.79. The number of nitriles is 1. The third-order valence-electron chi connectivity index (χ3n) is 4.15. The van der Waals surface area contributed by atoms with Gasteiger partial charge in [0.25, 0.3) is 5.56 Å². The molecule has 0 bridgehead atoms. The highest BCUT2D eigenvalue weighted by Gasteiger charge is 2.16. The van der Waals surface area contributed by atoms with Gasteiger partial charge >= 0.3 is 0 Å². The number of nitrogens with zero attached hydrogens (tertiary/aromatic N) is 2. The number of aromatic nitrogens is 2. The molecule has 0 spiro atoms. The van der Waals surface area contributed by atoms with Crippen LogP contribution < -0.4 is 15.0 Å². The quantitative estimate of drug-likeness (QED) is 0.378. The summed E-state index contributed by atoms with van der Waals surface area (Å²) in [6.45, 7) is 2.40. The van der Waals surface area contributed by atoms with Crippen molar-refractivity contribution in [1.82, 2.24) is 9.97 Å². The Morgan fingerprint density at radius 2 is 1.90 bits per heavy atom. The molecule has 0 saturated carbocycles. The van der Waals surface area contributed by atoms with Crippen LogP contribution in [-0.2, 0) is 6.61 Å². The van der Waals surface area contributed by atoms with E-state index in [0.717, 1.165) is 0 Å². The number of halogens is 2. The molecule has 1 aromatic heterocycles. The van der Waals surface area contributed by atoms with Crippen LogP contribution >= 0.6 is 35.0 Å². The smallest absolute Gasteiger partial charge is 0.270 e. The minimum atomic E-state index is -0.488. The first-order chi connectivity index (χ1) is 14.5. The van der Waals surface area contributed by atoms with E-state index >= 15 is 0 Å².